The highest BCUT2D eigenvalue weighted by Gasteiger charge is 2.57. The normalized spacial score (nSPS) is 28.8. The molecule has 5 rings (SSSR count). The summed E-state index contributed by atoms with van der Waals surface area (Å²) in [6, 6.07) is 13.0. The molecule has 3 aliphatic rings. The van der Waals surface area contributed by atoms with Crippen LogP contribution in [0.1, 0.15) is 43.2 Å². The van der Waals surface area contributed by atoms with Gasteiger partial charge < -0.3 is 9.64 Å². The third-order valence-corrected chi connectivity index (χ3v) is 9.56. The van der Waals surface area contributed by atoms with Crippen LogP contribution in [0.25, 0.3) is 0 Å². The molecule has 1 unspecified atom stereocenters. The van der Waals surface area contributed by atoms with E-state index < -0.39 is 15.6 Å². The summed E-state index contributed by atoms with van der Waals surface area (Å²) < 4.78 is 47.6. The van der Waals surface area contributed by atoms with Crippen molar-refractivity contribution >= 4 is 15.9 Å². The predicted octanol–water partition coefficient (Wildman–Crippen LogP) is 3.66. The zero-order valence-corrected chi connectivity index (χ0v) is 19.6. The van der Waals surface area contributed by atoms with E-state index in [4.69, 9.17) is 4.74 Å². The van der Waals surface area contributed by atoms with Gasteiger partial charge in [-0.25, -0.2) is 12.8 Å². The van der Waals surface area contributed by atoms with Crippen molar-refractivity contribution in [2.75, 3.05) is 20.2 Å². The topological polar surface area (TPSA) is 66.9 Å². The molecule has 0 N–H and O–H groups in total. The van der Waals surface area contributed by atoms with Crippen molar-refractivity contribution in [2.24, 2.45) is 5.92 Å². The van der Waals surface area contributed by atoms with Crippen LogP contribution in [0.5, 0.6) is 0 Å². The molecule has 0 bridgehead atoms. The van der Waals surface area contributed by atoms with Crippen molar-refractivity contribution in [1.29, 1.82) is 0 Å². The van der Waals surface area contributed by atoms with Gasteiger partial charge in [-0.15, -0.1) is 0 Å². The summed E-state index contributed by atoms with van der Waals surface area (Å²) in [4.78, 5) is 15.5. The molecule has 1 amide bonds. The van der Waals surface area contributed by atoms with Crippen molar-refractivity contribution < 1.29 is 22.3 Å². The van der Waals surface area contributed by atoms with Crippen LogP contribution in [0.4, 0.5) is 4.39 Å². The first-order chi connectivity index (χ1) is 15.8. The predicted molar refractivity (Wildman–Crippen MR) is 121 cm³/mol. The smallest absolute Gasteiger partial charge is 0.244 e. The van der Waals surface area contributed by atoms with Crippen molar-refractivity contribution in [1.82, 2.24) is 9.21 Å². The number of hydrogen-bond acceptors (Lipinski definition) is 4. The SMILES string of the molecule is COC1CCC(C(=O)N2CCC3(C2)c2ccccc2S(=O)(=O)N3Cc2ccc(F)cc2)CC1. The number of carbonyl (C=O) groups is 1. The molecule has 2 heterocycles. The van der Waals surface area contributed by atoms with E-state index in [2.05, 4.69) is 0 Å². The summed E-state index contributed by atoms with van der Waals surface area (Å²) >= 11 is 0. The van der Waals surface area contributed by atoms with E-state index in [1.165, 1.54) is 16.4 Å². The Morgan fingerprint density at radius 1 is 1.09 bits per heavy atom. The summed E-state index contributed by atoms with van der Waals surface area (Å²) in [6.45, 7) is 0.999. The Hall–Kier alpha value is -2.29. The van der Waals surface area contributed by atoms with E-state index >= 15 is 0 Å². The fraction of sp³-hybridized carbons (Fsp3) is 0.480. The average Bonchev–Trinajstić information content (AvgIpc) is 3.35. The summed E-state index contributed by atoms with van der Waals surface area (Å²) in [5.74, 6) is -0.280. The van der Waals surface area contributed by atoms with Crippen LogP contribution in [0, 0.1) is 11.7 Å². The van der Waals surface area contributed by atoms with Crippen molar-refractivity contribution in [3.63, 3.8) is 0 Å². The first-order valence-electron chi connectivity index (χ1n) is 11.5. The molecule has 1 atom stereocenters. The van der Waals surface area contributed by atoms with E-state index in [0.29, 0.717) is 24.4 Å². The number of sulfonamides is 1. The van der Waals surface area contributed by atoms with Crippen molar-refractivity contribution in [2.45, 2.75) is 55.2 Å². The number of halogens is 1. The molecular formula is C25H29FN2O4S. The van der Waals surface area contributed by atoms with Crippen LogP contribution in [-0.2, 0) is 31.6 Å². The number of fused-ring (bicyclic) bond motifs is 2. The summed E-state index contributed by atoms with van der Waals surface area (Å²) in [5, 5.41) is 0. The minimum Gasteiger partial charge on any atom is -0.381 e. The fourth-order valence-corrected chi connectivity index (χ4v) is 7.81. The summed E-state index contributed by atoms with van der Waals surface area (Å²) in [6.07, 6.45) is 4.12. The maximum atomic E-state index is 13.6. The zero-order valence-electron chi connectivity index (χ0n) is 18.7. The van der Waals surface area contributed by atoms with Gasteiger partial charge in [0.15, 0.2) is 0 Å². The lowest BCUT2D eigenvalue weighted by Crippen LogP contribution is -2.47. The zero-order chi connectivity index (χ0) is 23.2. The molecule has 33 heavy (non-hydrogen) atoms. The molecule has 2 aromatic rings. The first kappa shape index (κ1) is 22.5. The lowest BCUT2D eigenvalue weighted by atomic mass is 9.86. The summed E-state index contributed by atoms with van der Waals surface area (Å²) in [7, 11) is -2.03. The average molecular weight is 473 g/mol. The molecule has 0 aromatic heterocycles. The second kappa shape index (κ2) is 8.49. The van der Waals surface area contributed by atoms with Gasteiger partial charge in [0.1, 0.15) is 5.82 Å². The fourth-order valence-electron chi connectivity index (χ4n) is 5.76. The lowest BCUT2D eigenvalue weighted by Gasteiger charge is -2.35. The van der Waals surface area contributed by atoms with Crippen LogP contribution in [-0.4, -0.2) is 49.8 Å². The number of benzene rings is 2. The number of ether oxygens (including phenoxy) is 1. The van der Waals surface area contributed by atoms with Gasteiger partial charge in [0.2, 0.25) is 15.9 Å². The van der Waals surface area contributed by atoms with E-state index in [1.54, 1.807) is 31.4 Å². The molecule has 2 fully saturated rings. The van der Waals surface area contributed by atoms with Gasteiger partial charge in [-0.1, -0.05) is 30.3 Å². The monoisotopic (exact) mass is 472 g/mol. The number of amides is 1. The molecule has 6 nitrogen and oxygen atoms in total. The highest BCUT2D eigenvalue weighted by atomic mass is 32.2. The Bertz CT molecular complexity index is 1150. The molecular weight excluding hydrogens is 443 g/mol. The Balaban J connectivity index is 1.45. The molecule has 176 valence electrons. The van der Waals surface area contributed by atoms with E-state index in [-0.39, 0.29) is 30.3 Å². The van der Waals surface area contributed by atoms with Crippen LogP contribution in [0.15, 0.2) is 53.4 Å². The Labute approximate surface area is 194 Å². The van der Waals surface area contributed by atoms with Gasteiger partial charge in [-0.2, -0.15) is 4.31 Å². The molecule has 0 radical (unpaired) electrons. The van der Waals surface area contributed by atoms with Gasteiger partial charge in [-0.05, 0) is 61.4 Å². The number of hydrogen-bond donors (Lipinski definition) is 0. The second-order valence-corrected chi connectivity index (χ2v) is 11.2. The van der Waals surface area contributed by atoms with E-state index in [9.17, 15) is 17.6 Å². The Kier molecular flexibility index (Phi) is 5.79. The standard InChI is InChI=1S/C25H29FN2O4S/c1-32-21-12-8-19(9-13-21)24(29)27-15-14-25(17-27)22-4-2-3-5-23(22)33(30,31)28(25)16-18-6-10-20(26)11-7-18/h2-7,10-11,19,21H,8-9,12-17H2,1H3. The molecule has 1 saturated carbocycles. The van der Waals surface area contributed by atoms with Gasteiger partial charge in [0, 0.05) is 32.7 Å². The molecule has 8 heteroatoms. The third-order valence-electron chi connectivity index (χ3n) is 7.59. The van der Waals surface area contributed by atoms with Gasteiger partial charge in [0.05, 0.1) is 16.5 Å². The van der Waals surface area contributed by atoms with Crippen LogP contribution < -0.4 is 0 Å². The Morgan fingerprint density at radius 3 is 2.48 bits per heavy atom. The van der Waals surface area contributed by atoms with Gasteiger partial charge in [0.25, 0.3) is 0 Å². The number of likely N-dealkylation sites (tertiary alicyclic amines) is 1. The van der Waals surface area contributed by atoms with Crippen LogP contribution >= 0.6 is 0 Å². The maximum Gasteiger partial charge on any atom is 0.244 e. The van der Waals surface area contributed by atoms with Crippen molar-refractivity contribution in [3.8, 4) is 0 Å². The third kappa shape index (κ3) is 3.78. The Morgan fingerprint density at radius 2 is 1.79 bits per heavy atom. The summed E-state index contributed by atoms with van der Waals surface area (Å²) in [5.41, 5.74) is 0.670. The number of carbonyl (C=O) groups excluding carboxylic acids is 1. The molecule has 1 saturated heterocycles. The van der Waals surface area contributed by atoms with E-state index in [0.717, 1.165) is 36.8 Å². The highest BCUT2D eigenvalue weighted by Crippen LogP contribution is 2.50. The largest absolute Gasteiger partial charge is 0.381 e. The number of methoxy groups -OCH3 is 1. The maximum absolute atomic E-state index is 13.6. The second-order valence-electron chi connectivity index (χ2n) is 9.39. The molecule has 2 aromatic carbocycles. The lowest BCUT2D eigenvalue weighted by molar-refractivity contribution is -0.136. The van der Waals surface area contributed by atoms with Crippen LogP contribution in [0.3, 0.4) is 0 Å². The number of nitrogens with zero attached hydrogens (tertiary/aromatic N) is 2. The van der Waals surface area contributed by atoms with Gasteiger partial charge in [-0.3, -0.25) is 4.79 Å². The first-order valence-corrected chi connectivity index (χ1v) is 13.0. The van der Waals surface area contributed by atoms with E-state index in [1.807, 2.05) is 17.0 Å². The molecule has 1 spiro atoms. The molecule has 1 aliphatic carbocycles. The minimum absolute atomic E-state index is 0.0367. The van der Waals surface area contributed by atoms with Gasteiger partial charge >= 0.3 is 0 Å². The van der Waals surface area contributed by atoms with Crippen LogP contribution in [0.2, 0.25) is 0 Å². The highest BCUT2D eigenvalue weighted by molar-refractivity contribution is 7.89. The number of rotatable bonds is 4. The molecule has 2 aliphatic heterocycles. The minimum atomic E-state index is -3.75. The van der Waals surface area contributed by atoms with Crippen molar-refractivity contribution in [3.05, 3.63) is 65.5 Å². The quantitative estimate of drug-likeness (QED) is 0.681.